The summed E-state index contributed by atoms with van der Waals surface area (Å²) in [5, 5.41) is 11.1. The van der Waals surface area contributed by atoms with Gasteiger partial charge in [0.05, 0.1) is 0 Å². The number of aliphatic carboxylic acids is 1. The molecule has 0 aromatic carbocycles. The van der Waals surface area contributed by atoms with Crippen molar-refractivity contribution in [3.63, 3.8) is 0 Å². The monoisotopic (exact) mass is 299 g/mol. The SMILES string of the molecule is CC(C)(C)N(CC(=O)O)C(=O)N1CC(=O)NC(=O)C1(C)C. The molecule has 118 valence electrons. The van der Waals surface area contributed by atoms with Crippen molar-refractivity contribution in [1.82, 2.24) is 15.1 Å². The molecular formula is C13H21N3O5. The minimum atomic E-state index is -1.23. The molecule has 1 rings (SSSR count). The summed E-state index contributed by atoms with van der Waals surface area (Å²) >= 11 is 0. The van der Waals surface area contributed by atoms with Gasteiger partial charge >= 0.3 is 12.0 Å². The Bertz CT molecular complexity index is 493. The molecule has 0 aromatic heterocycles. The maximum atomic E-state index is 12.6. The first-order chi connectivity index (χ1) is 9.37. The van der Waals surface area contributed by atoms with Gasteiger partial charge in [0, 0.05) is 5.54 Å². The van der Waals surface area contributed by atoms with E-state index in [2.05, 4.69) is 5.32 Å². The number of amides is 4. The van der Waals surface area contributed by atoms with Crippen LogP contribution in [0.15, 0.2) is 0 Å². The first kappa shape index (κ1) is 16.9. The van der Waals surface area contributed by atoms with Crippen LogP contribution < -0.4 is 5.32 Å². The van der Waals surface area contributed by atoms with Crippen molar-refractivity contribution in [2.75, 3.05) is 13.1 Å². The highest BCUT2D eigenvalue weighted by Crippen LogP contribution is 2.23. The van der Waals surface area contributed by atoms with Crippen LogP contribution in [0.4, 0.5) is 4.79 Å². The van der Waals surface area contributed by atoms with Gasteiger partial charge in [-0.15, -0.1) is 0 Å². The Kier molecular flexibility index (Phi) is 4.31. The largest absolute Gasteiger partial charge is 0.480 e. The molecule has 8 heteroatoms. The quantitative estimate of drug-likeness (QED) is 0.699. The highest BCUT2D eigenvalue weighted by molar-refractivity contribution is 6.06. The molecule has 0 aliphatic carbocycles. The predicted octanol–water partition coefficient (Wildman–Crippen LogP) is 0.0285. The molecule has 0 saturated carbocycles. The molecule has 1 aliphatic rings. The van der Waals surface area contributed by atoms with E-state index in [1.807, 2.05) is 0 Å². The van der Waals surface area contributed by atoms with Crippen LogP contribution in [0.25, 0.3) is 0 Å². The fourth-order valence-corrected chi connectivity index (χ4v) is 1.96. The van der Waals surface area contributed by atoms with E-state index < -0.39 is 41.4 Å². The maximum absolute atomic E-state index is 12.6. The van der Waals surface area contributed by atoms with E-state index >= 15 is 0 Å². The highest BCUT2D eigenvalue weighted by Gasteiger charge is 2.46. The number of carbonyl (C=O) groups excluding carboxylic acids is 3. The number of carboxylic acids is 1. The average Bonchev–Trinajstić information content (AvgIpc) is 2.28. The van der Waals surface area contributed by atoms with Crippen LogP contribution in [0, 0.1) is 0 Å². The summed E-state index contributed by atoms with van der Waals surface area (Å²) in [6.45, 7) is 7.28. The van der Waals surface area contributed by atoms with Crippen molar-refractivity contribution < 1.29 is 24.3 Å². The van der Waals surface area contributed by atoms with Crippen LogP contribution in [0.2, 0.25) is 0 Å². The molecule has 0 aromatic rings. The Labute approximate surface area is 123 Å². The third-order valence-electron chi connectivity index (χ3n) is 3.35. The van der Waals surface area contributed by atoms with Gasteiger partial charge < -0.3 is 14.9 Å². The Morgan fingerprint density at radius 3 is 2.29 bits per heavy atom. The zero-order valence-electron chi connectivity index (χ0n) is 12.9. The molecule has 1 saturated heterocycles. The second-order valence-electron chi connectivity index (χ2n) is 6.46. The van der Waals surface area contributed by atoms with Crippen molar-refractivity contribution in [3.8, 4) is 0 Å². The van der Waals surface area contributed by atoms with E-state index in [4.69, 9.17) is 5.11 Å². The molecule has 1 aliphatic heterocycles. The van der Waals surface area contributed by atoms with Crippen molar-refractivity contribution in [1.29, 1.82) is 0 Å². The fourth-order valence-electron chi connectivity index (χ4n) is 1.96. The summed E-state index contributed by atoms with van der Waals surface area (Å²) in [6.07, 6.45) is 0. The van der Waals surface area contributed by atoms with E-state index in [0.29, 0.717) is 0 Å². The normalized spacial score (nSPS) is 18.2. The van der Waals surface area contributed by atoms with Gasteiger partial charge in [0.2, 0.25) is 5.91 Å². The summed E-state index contributed by atoms with van der Waals surface area (Å²) in [4.78, 5) is 49.2. The summed E-state index contributed by atoms with van der Waals surface area (Å²) in [5.41, 5.74) is -1.99. The van der Waals surface area contributed by atoms with Gasteiger partial charge in [-0.2, -0.15) is 0 Å². The number of hydrogen-bond acceptors (Lipinski definition) is 4. The Morgan fingerprint density at radius 1 is 1.33 bits per heavy atom. The Balaban J connectivity index is 3.15. The van der Waals surface area contributed by atoms with Gasteiger partial charge in [0.15, 0.2) is 0 Å². The lowest BCUT2D eigenvalue weighted by molar-refractivity contribution is -0.143. The number of nitrogens with zero attached hydrogens (tertiary/aromatic N) is 2. The van der Waals surface area contributed by atoms with E-state index in [0.717, 1.165) is 9.80 Å². The number of piperazine rings is 1. The average molecular weight is 299 g/mol. The standard InChI is InChI=1S/C13H21N3O5/c1-12(2,3)15(7-9(18)19)11(21)16-6-8(17)14-10(20)13(16,4)5/h6-7H2,1-5H3,(H,18,19)(H,14,17,20). The zero-order valence-corrected chi connectivity index (χ0v) is 12.9. The van der Waals surface area contributed by atoms with E-state index in [-0.39, 0.29) is 6.54 Å². The van der Waals surface area contributed by atoms with E-state index in [1.165, 1.54) is 13.8 Å². The van der Waals surface area contributed by atoms with Crippen molar-refractivity contribution in [2.24, 2.45) is 0 Å². The van der Waals surface area contributed by atoms with Crippen LogP contribution in [-0.4, -0.2) is 62.9 Å². The van der Waals surface area contributed by atoms with Crippen LogP contribution >= 0.6 is 0 Å². The molecule has 2 N–H and O–H groups in total. The number of imide groups is 1. The summed E-state index contributed by atoms with van der Waals surface area (Å²) in [5.74, 6) is -2.34. The Morgan fingerprint density at radius 2 is 1.86 bits per heavy atom. The van der Waals surface area contributed by atoms with Gasteiger partial charge in [-0.25, -0.2) is 4.79 Å². The van der Waals surface area contributed by atoms with Gasteiger partial charge in [-0.1, -0.05) is 0 Å². The van der Waals surface area contributed by atoms with Gasteiger partial charge in [-0.3, -0.25) is 19.7 Å². The summed E-state index contributed by atoms with van der Waals surface area (Å²) in [7, 11) is 0. The second kappa shape index (κ2) is 5.34. The van der Waals surface area contributed by atoms with Crippen LogP contribution in [0.3, 0.4) is 0 Å². The van der Waals surface area contributed by atoms with Crippen molar-refractivity contribution in [2.45, 2.75) is 45.7 Å². The third kappa shape index (κ3) is 3.50. The van der Waals surface area contributed by atoms with E-state index in [9.17, 15) is 19.2 Å². The lowest BCUT2D eigenvalue weighted by atomic mass is 9.98. The molecule has 0 radical (unpaired) electrons. The minimum absolute atomic E-state index is 0.288. The van der Waals surface area contributed by atoms with Crippen molar-refractivity contribution >= 4 is 23.8 Å². The fraction of sp³-hybridized carbons (Fsp3) is 0.692. The van der Waals surface area contributed by atoms with E-state index in [1.54, 1.807) is 20.8 Å². The molecule has 8 nitrogen and oxygen atoms in total. The molecule has 0 spiro atoms. The van der Waals surface area contributed by atoms with Crippen LogP contribution in [-0.2, 0) is 14.4 Å². The molecule has 0 unspecified atom stereocenters. The molecule has 4 amide bonds. The third-order valence-corrected chi connectivity index (χ3v) is 3.35. The van der Waals surface area contributed by atoms with Crippen molar-refractivity contribution in [3.05, 3.63) is 0 Å². The molecule has 1 heterocycles. The van der Waals surface area contributed by atoms with Gasteiger partial charge in [0.1, 0.15) is 18.6 Å². The highest BCUT2D eigenvalue weighted by atomic mass is 16.4. The molecule has 1 fully saturated rings. The molecule has 0 bridgehead atoms. The van der Waals surface area contributed by atoms with Crippen LogP contribution in [0.1, 0.15) is 34.6 Å². The number of carboxylic acid groups (broad SMARTS) is 1. The predicted molar refractivity (Wildman–Crippen MR) is 73.4 cm³/mol. The lowest BCUT2D eigenvalue weighted by Gasteiger charge is -2.45. The first-order valence-electron chi connectivity index (χ1n) is 6.52. The zero-order chi connectivity index (χ0) is 16.6. The summed E-state index contributed by atoms with van der Waals surface area (Å²) in [6, 6.07) is -0.655. The number of carbonyl (C=O) groups is 4. The van der Waals surface area contributed by atoms with Crippen LogP contribution in [0.5, 0.6) is 0 Å². The summed E-state index contributed by atoms with van der Waals surface area (Å²) < 4.78 is 0. The first-order valence-corrected chi connectivity index (χ1v) is 6.52. The van der Waals surface area contributed by atoms with Gasteiger partial charge in [-0.05, 0) is 34.6 Å². The maximum Gasteiger partial charge on any atom is 0.323 e. The minimum Gasteiger partial charge on any atom is -0.480 e. The molecular weight excluding hydrogens is 278 g/mol. The smallest absolute Gasteiger partial charge is 0.323 e. The Hall–Kier alpha value is -2.12. The molecule has 21 heavy (non-hydrogen) atoms. The number of urea groups is 1. The number of rotatable bonds is 2. The van der Waals surface area contributed by atoms with Gasteiger partial charge in [0.25, 0.3) is 5.91 Å². The topological polar surface area (TPSA) is 107 Å². The second-order valence-corrected chi connectivity index (χ2v) is 6.46. The lowest BCUT2D eigenvalue weighted by Crippen LogP contribution is -2.68. The number of nitrogens with one attached hydrogen (secondary N) is 1. The number of hydrogen-bond donors (Lipinski definition) is 2. The molecule has 0 atom stereocenters.